The SMILES string of the molecule is CCOc1cc2c(cc1/C=C/C(=O)c1ccc(OCC(=O)N(C)C)cc1)OC(C)C2. The maximum atomic E-state index is 12.6. The number of carbonyl (C=O) groups excluding carboxylic acids is 2. The first-order chi connectivity index (χ1) is 14.4. The number of carbonyl (C=O) groups is 2. The molecule has 158 valence electrons. The molecule has 1 unspecified atom stereocenters. The van der Waals surface area contributed by atoms with Crippen LogP contribution >= 0.6 is 0 Å². The summed E-state index contributed by atoms with van der Waals surface area (Å²) in [5, 5.41) is 0. The van der Waals surface area contributed by atoms with Crippen LogP contribution in [0.15, 0.2) is 42.5 Å². The van der Waals surface area contributed by atoms with Crippen molar-refractivity contribution in [1.82, 2.24) is 4.90 Å². The number of likely N-dealkylation sites (N-methyl/N-ethyl adjacent to an activating group) is 1. The maximum absolute atomic E-state index is 12.6. The minimum absolute atomic E-state index is 0.0422. The van der Waals surface area contributed by atoms with E-state index in [0.717, 1.165) is 29.0 Å². The lowest BCUT2D eigenvalue weighted by atomic mass is 10.0. The zero-order valence-electron chi connectivity index (χ0n) is 17.8. The third-order valence-corrected chi connectivity index (χ3v) is 4.74. The first-order valence-corrected chi connectivity index (χ1v) is 9.99. The Morgan fingerprint density at radius 1 is 1.17 bits per heavy atom. The summed E-state index contributed by atoms with van der Waals surface area (Å²) in [5.74, 6) is 1.85. The van der Waals surface area contributed by atoms with E-state index in [1.165, 1.54) is 11.0 Å². The Balaban J connectivity index is 1.70. The highest BCUT2D eigenvalue weighted by molar-refractivity contribution is 6.07. The topological polar surface area (TPSA) is 65.1 Å². The van der Waals surface area contributed by atoms with Gasteiger partial charge in [0.2, 0.25) is 0 Å². The van der Waals surface area contributed by atoms with Gasteiger partial charge in [-0.2, -0.15) is 0 Å². The highest BCUT2D eigenvalue weighted by Crippen LogP contribution is 2.35. The molecule has 0 radical (unpaired) electrons. The fourth-order valence-corrected chi connectivity index (χ4v) is 3.12. The first-order valence-electron chi connectivity index (χ1n) is 9.99. The molecule has 6 nitrogen and oxygen atoms in total. The van der Waals surface area contributed by atoms with Gasteiger partial charge in [-0.3, -0.25) is 9.59 Å². The third-order valence-electron chi connectivity index (χ3n) is 4.74. The molecule has 0 N–H and O–H groups in total. The normalized spacial score (nSPS) is 14.9. The Labute approximate surface area is 177 Å². The van der Waals surface area contributed by atoms with Crippen LogP contribution in [0.5, 0.6) is 17.2 Å². The Bertz CT molecular complexity index is 947. The number of hydrogen-bond acceptors (Lipinski definition) is 5. The van der Waals surface area contributed by atoms with Gasteiger partial charge in [-0.15, -0.1) is 0 Å². The van der Waals surface area contributed by atoms with E-state index in [1.807, 2.05) is 26.0 Å². The maximum Gasteiger partial charge on any atom is 0.259 e. The molecular formula is C24H27NO5. The zero-order chi connectivity index (χ0) is 21.7. The van der Waals surface area contributed by atoms with Crippen LogP contribution in [-0.2, 0) is 11.2 Å². The minimum atomic E-state index is -0.136. The number of hydrogen-bond donors (Lipinski definition) is 0. The highest BCUT2D eigenvalue weighted by atomic mass is 16.5. The monoisotopic (exact) mass is 409 g/mol. The quantitative estimate of drug-likeness (QED) is 0.491. The Kier molecular flexibility index (Phi) is 6.77. The van der Waals surface area contributed by atoms with E-state index in [4.69, 9.17) is 14.2 Å². The number of benzene rings is 2. The van der Waals surface area contributed by atoms with Gasteiger partial charge in [-0.25, -0.2) is 0 Å². The number of nitrogens with zero attached hydrogens (tertiary/aromatic N) is 1. The number of fused-ring (bicyclic) bond motifs is 1. The third kappa shape index (κ3) is 5.20. The van der Waals surface area contributed by atoms with Gasteiger partial charge in [0.1, 0.15) is 23.4 Å². The van der Waals surface area contributed by atoms with Crippen LogP contribution in [0.25, 0.3) is 6.08 Å². The molecular weight excluding hydrogens is 382 g/mol. The van der Waals surface area contributed by atoms with Crippen molar-refractivity contribution < 1.29 is 23.8 Å². The van der Waals surface area contributed by atoms with Crippen molar-refractivity contribution in [3.8, 4) is 17.2 Å². The van der Waals surface area contributed by atoms with Gasteiger partial charge in [0.15, 0.2) is 12.4 Å². The summed E-state index contributed by atoms with van der Waals surface area (Å²) in [5.41, 5.74) is 2.46. The molecule has 0 saturated heterocycles. The molecule has 1 aliphatic heterocycles. The average Bonchev–Trinajstić information content (AvgIpc) is 3.09. The number of allylic oxidation sites excluding steroid dienone is 1. The largest absolute Gasteiger partial charge is 0.493 e. The predicted molar refractivity (Wildman–Crippen MR) is 115 cm³/mol. The lowest BCUT2D eigenvalue weighted by molar-refractivity contribution is -0.130. The van der Waals surface area contributed by atoms with E-state index in [1.54, 1.807) is 44.4 Å². The fourth-order valence-electron chi connectivity index (χ4n) is 3.12. The van der Waals surface area contributed by atoms with Crippen LogP contribution in [0, 0.1) is 0 Å². The molecule has 1 aliphatic rings. The standard InChI is InChI=1S/C24H27NO5/c1-5-28-22-14-19-12-16(2)30-23(19)13-18(22)8-11-21(26)17-6-9-20(10-7-17)29-15-24(27)25(3)4/h6-11,13-14,16H,5,12,15H2,1-4H3/b11-8+. The van der Waals surface area contributed by atoms with E-state index in [2.05, 4.69) is 0 Å². The molecule has 0 aromatic heterocycles. The highest BCUT2D eigenvalue weighted by Gasteiger charge is 2.21. The van der Waals surface area contributed by atoms with Gasteiger partial charge in [-0.1, -0.05) is 0 Å². The molecule has 2 aromatic rings. The lowest BCUT2D eigenvalue weighted by Crippen LogP contribution is -2.27. The number of ether oxygens (including phenoxy) is 3. The van der Waals surface area contributed by atoms with E-state index < -0.39 is 0 Å². The molecule has 3 rings (SSSR count). The van der Waals surface area contributed by atoms with E-state index in [9.17, 15) is 9.59 Å². The minimum Gasteiger partial charge on any atom is -0.493 e. The van der Waals surface area contributed by atoms with Crippen molar-refractivity contribution in [2.75, 3.05) is 27.3 Å². The van der Waals surface area contributed by atoms with Crippen LogP contribution in [0.1, 0.15) is 35.3 Å². The van der Waals surface area contributed by atoms with Crippen molar-refractivity contribution in [2.24, 2.45) is 0 Å². The summed E-state index contributed by atoms with van der Waals surface area (Å²) in [6, 6.07) is 10.6. The number of rotatable bonds is 8. The molecule has 1 atom stereocenters. The Morgan fingerprint density at radius 2 is 1.90 bits per heavy atom. The predicted octanol–water partition coefficient (Wildman–Crippen LogP) is 3.77. The van der Waals surface area contributed by atoms with Crippen molar-refractivity contribution in [2.45, 2.75) is 26.4 Å². The summed E-state index contributed by atoms with van der Waals surface area (Å²) in [7, 11) is 3.34. The Hall–Kier alpha value is -3.28. The molecule has 2 aromatic carbocycles. The van der Waals surface area contributed by atoms with Crippen LogP contribution in [0.3, 0.4) is 0 Å². The smallest absolute Gasteiger partial charge is 0.259 e. The molecule has 1 heterocycles. The van der Waals surface area contributed by atoms with Gasteiger partial charge in [0.25, 0.3) is 5.91 Å². The molecule has 0 spiro atoms. The first kappa shape index (κ1) is 21.4. The molecule has 0 bridgehead atoms. The van der Waals surface area contributed by atoms with Crippen LogP contribution in [0.4, 0.5) is 0 Å². The van der Waals surface area contributed by atoms with Gasteiger partial charge >= 0.3 is 0 Å². The lowest BCUT2D eigenvalue weighted by Gasteiger charge is -2.11. The number of ketones is 1. The molecule has 1 amide bonds. The van der Waals surface area contributed by atoms with Crippen molar-refractivity contribution in [1.29, 1.82) is 0 Å². The number of amides is 1. The van der Waals surface area contributed by atoms with Crippen LogP contribution < -0.4 is 14.2 Å². The summed E-state index contributed by atoms with van der Waals surface area (Å²) < 4.78 is 17.0. The Morgan fingerprint density at radius 3 is 2.57 bits per heavy atom. The molecule has 30 heavy (non-hydrogen) atoms. The van der Waals surface area contributed by atoms with Crippen LogP contribution in [-0.4, -0.2) is 50.0 Å². The van der Waals surface area contributed by atoms with E-state index in [-0.39, 0.29) is 24.4 Å². The fraction of sp³-hybridized carbons (Fsp3) is 0.333. The van der Waals surface area contributed by atoms with Gasteiger partial charge in [-0.05, 0) is 62.4 Å². The van der Waals surface area contributed by atoms with E-state index >= 15 is 0 Å². The van der Waals surface area contributed by atoms with Crippen molar-refractivity contribution >= 4 is 17.8 Å². The van der Waals surface area contributed by atoms with Crippen molar-refractivity contribution in [3.63, 3.8) is 0 Å². The molecule has 0 saturated carbocycles. The zero-order valence-corrected chi connectivity index (χ0v) is 17.8. The van der Waals surface area contributed by atoms with Crippen molar-refractivity contribution in [3.05, 3.63) is 59.2 Å². The molecule has 6 heteroatoms. The van der Waals surface area contributed by atoms with Gasteiger partial charge in [0, 0.05) is 37.2 Å². The van der Waals surface area contributed by atoms with Gasteiger partial charge in [0.05, 0.1) is 6.61 Å². The molecule has 0 aliphatic carbocycles. The molecule has 0 fully saturated rings. The second-order valence-corrected chi connectivity index (χ2v) is 7.36. The second-order valence-electron chi connectivity index (χ2n) is 7.36. The summed E-state index contributed by atoms with van der Waals surface area (Å²) in [6.07, 6.45) is 4.27. The van der Waals surface area contributed by atoms with Gasteiger partial charge < -0.3 is 19.1 Å². The van der Waals surface area contributed by atoms with Crippen LogP contribution in [0.2, 0.25) is 0 Å². The summed E-state index contributed by atoms with van der Waals surface area (Å²) in [6.45, 7) is 4.46. The summed E-state index contributed by atoms with van der Waals surface area (Å²) >= 11 is 0. The van der Waals surface area contributed by atoms with E-state index in [0.29, 0.717) is 17.9 Å². The summed E-state index contributed by atoms with van der Waals surface area (Å²) in [4.78, 5) is 25.6. The second kappa shape index (κ2) is 9.48. The average molecular weight is 409 g/mol.